The number of ketones is 1. The van der Waals surface area contributed by atoms with Gasteiger partial charge in [0, 0.05) is 12.1 Å². The second kappa shape index (κ2) is 7.83. The highest BCUT2D eigenvalue weighted by molar-refractivity contribution is 6.22. The van der Waals surface area contributed by atoms with Gasteiger partial charge in [-0.2, -0.15) is 0 Å². The quantitative estimate of drug-likeness (QED) is 0.326. The highest BCUT2D eigenvalue weighted by Gasteiger charge is 2.35. The molecule has 0 spiro atoms. The molecule has 0 saturated heterocycles. The van der Waals surface area contributed by atoms with Gasteiger partial charge < -0.3 is 4.74 Å². The lowest BCUT2D eigenvalue weighted by Gasteiger charge is -2.11. The standard InChI is InChI=1S/C23H21NO5/c1-5-8-24-21(26)17-7-6-16(11-18(17)22(24)27)23(28)29-12-19(25)20-14(3)9-13(2)10-15(20)4/h5-7,9-11H,1,8,12H2,2-4H3. The molecule has 1 aliphatic heterocycles. The zero-order chi connectivity index (χ0) is 21.3. The van der Waals surface area contributed by atoms with Crippen molar-refractivity contribution < 1.29 is 23.9 Å². The summed E-state index contributed by atoms with van der Waals surface area (Å²) in [7, 11) is 0. The molecule has 0 atom stereocenters. The summed E-state index contributed by atoms with van der Waals surface area (Å²) in [6.07, 6.45) is 1.46. The molecule has 29 heavy (non-hydrogen) atoms. The summed E-state index contributed by atoms with van der Waals surface area (Å²) in [5, 5.41) is 0. The summed E-state index contributed by atoms with van der Waals surface area (Å²) < 4.78 is 5.17. The van der Waals surface area contributed by atoms with E-state index in [-0.39, 0.29) is 29.0 Å². The number of benzene rings is 2. The monoisotopic (exact) mass is 391 g/mol. The molecule has 0 unspecified atom stereocenters. The van der Waals surface area contributed by atoms with E-state index < -0.39 is 24.4 Å². The van der Waals surface area contributed by atoms with Crippen LogP contribution in [0.5, 0.6) is 0 Å². The Kier molecular flexibility index (Phi) is 5.46. The van der Waals surface area contributed by atoms with Crippen LogP contribution in [-0.2, 0) is 4.74 Å². The average molecular weight is 391 g/mol. The maximum atomic E-state index is 12.5. The fourth-order valence-corrected chi connectivity index (χ4v) is 3.62. The van der Waals surface area contributed by atoms with Gasteiger partial charge in [0.25, 0.3) is 11.8 Å². The fraction of sp³-hybridized carbons (Fsp3) is 0.217. The predicted molar refractivity (Wildman–Crippen MR) is 107 cm³/mol. The highest BCUT2D eigenvalue weighted by atomic mass is 16.5. The number of Topliss-reactive ketones (excluding diaryl/α,β-unsaturated/α-hetero) is 1. The number of aryl methyl sites for hydroxylation is 3. The Labute approximate surface area is 168 Å². The maximum Gasteiger partial charge on any atom is 0.338 e. The minimum atomic E-state index is -0.731. The summed E-state index contributed by atoms with van der Waals surface area (Å²) in [6, 6.07) is 7.97. The van der Waals surface area contributed by atoms with E-state index in [2.05, 4.69) is 6.58 Å². The van der Waals surface area contributed by atoms with Crippen molar-refractivity contribution in [3.63, 3.8) is 0 Å². The van der Waals surface area contributed by atoms with E-state index >= 15 is 0 Å². The summed E-state index contributed by atoms with van der Waals surface area (Å²) >= 11 is 0. The summed E-state index contributed by atoms with van der Waals surface area (Å²) in [5.41, 5.74) is 3.73. The van der Waals surface area contributed by atoms with Crippen LogP contribution < -0.4 is 0 Å². The molecular weight excluding hydrogens is 370 g/mol. The number of ether oxygens (including phenoxy) is 1. The molecule has 2 amide bonds. The molecular formula is C23H21NO5. The average Bonchev–Trinajstić information content (AvgIpc) is 2.90. The number of rotatable bonds is 6. The van der Waals surface area contributed by atoms with Crippen molar-refractivity contribution in [2.75, 3.05) is 13.2 Å². The van der Waals surface area contributed by atoms with Crippen LogP contribution in [-0.4, -0.2) is 41.6 Å². The van der Waals surface area contributed by atoms with Crippen LogP contribution in [0.1, 0.15) is 58.1 Å². The van der Waals surface area contributed by atoms with E-state index in [0.717, 1.165) is 21.6 Å². The van der Waals surface area contributed by atoms with Crippen LogP contribution in [0.25, 0.3) is 0 Å². The second-order valence-electron chi connectivity index (χ2n) is 7.04. The van der Waals surface area contributed by atoms with Crippen molar-refractivity contribution >= 4 is 23.6 Å². The number of nitrogens with zero attached hydrogens (tertiary/aromatic N) is 1. The molecule has 6 nitrogen and oxygen atoms in total. The Morgan fingerprint density at radius 2 is 1.62 bits per heavy atom. The van der Waals surface area contributed by atoms with Gasteiger partial charge in [0.1, 0.15) is 0 Å². The Hall–Kier alpha value is -3.54. The van der Waals surface area contributed by atoms with E-state index in [0.29, 0.717) is 5.56 Å². The highest BCUT2D eigenvalue weighted by Crippen LogP contribution is 2.24. The molecule has 0 aliphatic carbocycles. The molecule has 1 aliphatic rings. The van der Waals surface area contributed by atoms with Gasteiger partial charge >= 0.3 is 5.97 Å². The minimum Gasteiger partial charge on any atom is -0.454 e. The van der Waals surface area contributed by atoms with Crippen molar-refractivity contribution in [3.8, 4) is 0 Å². The van der Waals surface area contributed by atoms with Crippen molar-refractivity contribution in [3.05, 3.63) is 81.9 Å². The minimum absolute atomic E-state index is 0.0931. The molecule has 0 aromatic heterocycles. The van der Waals surface area contributed by atoms with Gasteiger partial charge in [-0.05, 0) is 50.1 Å². The first-order chi connectivity index (χ1) is 13.7. The fourth-order valence-electron chi connectivity index (χ4n) is 3.62. The normalized spacial score (nSPS) is 12.7. The number of carbonyl (C=O) groups excluding carboxylic acids is 4. The lowest BCUT2D eigenvalue weighted by atomic mass is 9.97. The third kappa shape index (κ3) is 3.74. The zero-order valence-electron chi connectivity index (χ0n) is 16.6. The number of esters is 1. The number of carbonyl (C=O) groups is 4. The number of fused-ring (bicyclic) bond motifs is 1. The molecule has 2 aromatic rings. The van der Waals surface area contributed by atoms with Crippen LogP contribution in [0.2, 0.25) is 0 Å². The van der Waals surface area contributed by atoms with Crippen molar-refractivity contribution in [1.82, 2.24) is 4.90 Å². The smallest absolute Gasteiger partial charge is 0.338 e. The van der Waals surface area contributed by atoms with E-state index in [1.807, 2.05) is 32.9 Å². The first kappa shape index (κ1) is 20.2. The lowest BCUT2D eigenvalue weighted by molar-refractivity contribution is 0.0474. The number of amides is 2. The largest absolute Gasteiger partial charge is 0.454 e. The molecule has 2 aromatic carbocycles. The zero-order valence-corrected chi connectivity index (χ0v) is 16.6. The lowest BCUT2D eigenvalue weighted by Crippen LogP contribution is -2.29. The molecule has 0 bridgehead atoms. The third-order valence-corrected chi connectivity index (χ3v) is 4.81. The van der Waals surface area contributed by atoms with Crippen LogP contribution >= 0.6 is 0 Å². The van der Waals surface area contributed by atoms with Gasteiger partial charge in [-0.1, -0.05) is 23.8 Å². The molecule has 1 heterocycles. The second-order valence-corrected chi connectivity index (χ2v) is 7.04. The first-order valence-corrected chi connectivity index (χ1v) is 9.14. The summed E-state index contributed by atoms with van der Waals surface area (Å²) in [6.45, 7) is 8.85. The number of hydrogen-bond donors (Lipinski definition) is 0. The van der Waals surface area contributed by atoms with Crippen molar-refractivity contribution in [2.24, 2.45) is 0 Å². The Morgan fingerprint density at radius 3 is 2.24 bits per heavy atom. The van der Waals surface area contributed by atoms with E-state index in [1.165, 1.54) is 24.3 Å². The molecule has 6 heteroatoms. The van der Waals surface area contributed by atoms with E-state index in [1.54, 1.807) is 0 Å². The van der Waals surface area contributed by atoms with E-state index in [9.17, 15) is 19.2 Å². The maximum absolute atomic E-state index is 12.5. The topological polar surface area (TPSA) is 80.8 Å². The van der Waals surface area contributed by atoms with Crippen molar-refractivity contribution in [2.45, 2.75) is 20.8 Å². The van der Waals surface area contributed by atoms with Gasteiger partial charge in [-0.15, -0.1) is 6.58 Å². The van der Waals surface area contributed by atoms with E-state index in [4.69, 9.17) is 4.74 Å². The van der Waals surface area contributed by atoms with Gasteiger partial charge in [-0.25, -0.2) is 4.79 Å². The summed E-state index contributed by atoms with van der Waals surface area (Å²) in [5.74, 6) is -1.93. The third-order valence-electron chi connectivity index (χ3n) is 4.81. The molecule has 3 rings (SSSR count). The SMILES string of the molecule is C=CCN1C(=O)c2ccc(C(=O)OCC(=O)c3c(C)cc(C)cc3C)cc2C1=O. The van der Waals surface area contributed by atoms with Gasteiger partial charge in [0.15, 0.2) is 6.61 Å². The predicted octanol–water partition coefficient (Wildman–Crippen LogP) is 3.43. The Bertz CT molecular complexity index is 1040. The van der Waals surface area contributed by atoms with Crippen LogP contribution in [0.3, 0.4) is 0 Å². The van der Waals surface area contributed by atoms with Crippen LogP contribution in [0.4, 0.5) is 0 Å². The Morgan fingerprint density at radius 1 is 1.00 bits per heavy atom. The van der Waals surface area contributed by atoms with Gasteiger partial charge in [0.2, 0.25) is 5.78 Å². The van der Waals surface area contributed by atoms with Crippen LogP contribution in [0.15, 0.2) is 43.0 Å². The molecule has 148 valence electrons. The molecule has 0 radical (unpaired) electrons. The molecule has 0 fully saturated rings. The Balaban J connectivity index is 1.75. The first-order valence-electron chi connectivity index (χ1n) is 9.14. The van der Waals surface area contributed by atoms with Gasteiger partial charge in [0.05, 0.1) is 16.7 Å². The number of hydrogen-bond acceptors (Lipinski definition) is 5. The molecule has 0 N–H and O–H groups in total. The van der Waals surface area contributed by atoms with Crippen LogP contribution in [0, 0.1) is 20.8 Å². The molecule has 0 saturated carbocycles. The van der Waals surface area contributed by atoms with Crippen molar-refractivity contribution in [1.29, 1.82) is 0 Å². The summed E-state index contributed by atoms with van der Waals surface area (Å²) in [4.78, 5) is 50.6. The van der Waals surface area contributed by atoms with Gasteiger partial charge in [-0.3, -0.25) is 19.3 Å². The number of imide groups is 1.